The quantitative estimate of drug-likeness (QED) is 0.495. The van der Waals surface area contributed by atoms with Crippen LogP contribution in [0.4, 0.5) is 5.69 Å². The summed E-state index contributed by atoms with van der Waals surface area (Å²) in [7, 11) is 0. The van der Waals surface area contributed by atoms with Crippen LogP contribution in [-0.4, -0.2) is 36.6 Å². The summed E-state index contributed by atoms with van der Waals surface area (Å²) in [5.41, 5.74) is 1.91. The van der Waals surface area contributed by atoms with E-state index in [0.29, 0.717) is 19.3 Å². The molecule has 0 aromatic heterocycles. The molecule has 2 rings (SSSR count). The minimum Gasteiger partial charge on any atom is -0.494 e. The summed E-state index contributed by atoms with van der Waals surface area (Å²) < 4.78 is 11.3. The second-order valence-corrected chi connectivity index (χ2v) is 5.97. The highest BCUT2D eigenvalue weighted by Crippen LogP contribution is 2.18. The van der Waals surface area contributed by atoms with Crippen LogP contribution in [0.1, 0.15) is 42.6 Å². The zero-order chi connectivity index (χ0) is 18.8. The Morgan fingerprint density at radius 3 is 2.42 bits per heavy atom. The van der Waals surface area contributed by atoms with Gasteiger partial charge in [0.25, 0.3) is 0 Å². The van der Waals surface area contributed by atoms with Crippen molar-refractivity contribution in [2.45, 2.75) is 32.8 Å². The summed E-state index contributed by atoms with van der Waals surface area (Å²) in [6.07, 6.45) is 3.88. The van der Waals surface area contributed by atoms with Crippen LogP contribution < -0.4 is 4.74 Å². The Morgan fingerprint density at radius 1 is 1.12 bits per heavy atom. The summed E-state index contributed by atoms with van der Waals surface area (Å²) in [6, 6.07) is 14.1. The summed E-state index contributed by atoms with van der Waals surface area (Å²) >= 11 is 0. The van der Waals surface area contributed by atoms with Gasteiger partial charge in [0.1, 0.15) is 5.75 Å². The Morgan fingerprint density at radius 2 is 1.81 bits per heavy atom. The molecule has 0 aliphatic rings. The molecule has 5 heteroatoms. The predicted molar refractivity (Wildman–Crippen MR) is 103 cm³/mol. The van der Waals surface area contributed by atoms with Crippen molar-refractivity contribution in [3.63, 3.8) is 0 Å². The Labute approximate surface area is 154 Å². The van der Waals surface area contributed by atoms with Gasteiger partial charge in [0.2, 0.25) is 0 Å². The summed E-state index contributed by atoms with van der Waals surface area (Å²) in [5, 5.41) is 8.88. The van der Waals surface area contributed by atoms with Crippen LogP contribution >= 0.6 is 0 Å². The third kappa shape index (κ3) is 6.69. The number of rotatable bonds is 10. The van der Waals surface area contributed by atoms with Gasteiger partial charge in [0.05, 0.1) is 30.6 Å². The van der Waals surface area contributed by atoms with Crippen LogP contribution in [0.2, 0.25) is 0 Å². The van der Waals surface area contributed by atoms with Crippen LogP contribution in [0.15, 0.2) is 53.5 Å². The van der Waals surface area contributed by atoms with Crippen molar-refractivity contribution in [2.24, 2.45) is 4.99 Å². The van der Waals surface area contributed by atoms with Crippen LogP contribution in [0.5, 0.6) is 5.75 Å². The zero-order valence-electron chi connectivity index (χ0n) is 15.2. The zero-order valence-corrected chi connectivity index (χ0v) is 15.2. The van der Waals surface area contributed by atoms with Gasteiger partial charge in [-0.1, -0.05) is 19.1 Å². The van der Waals surface area contributed by atoms with E-state index in [2.05, 4.69) is 18.8 Å². The van der Waals surface area contributed by atoms with Crippen LogP contribution in [0.25, 0.3) is 0 Å². The number of aliphatic imine (C=N–C) groups is 1. The number of hydrogen-bond acceptors (Lipinski definition) is 4. The van der Waals surface area contributed by atoms with Crippen LogP contribution in [0.3, 0.4) is 0 Å². The molecule has 0 saturated heterocycles. The molecular weight excluding hydrogens is 330 g/mol. The number of aromatic carboxylic acids is 1. The van der Waals surface area contributed by atoms with E-state index in [0.717, 1.165) is 29.8 Å². The molecule has 0 amide bonds. The molecule has 138 valence electrons. The summed E-state index contributed by atoms with van der Waals surface area (Å²) in [4.78, 5) is 15.2. The first-order valence-electron chi connectivity index (χ1n) is 8.80. The van der Waals surface area contributed by atoms with E-state index in [1.54, 1.807) is 30.5 Å². The first-order valence-corrected chi connectivity index (χ1v) is 8.80. The molecule has 0 radical (unpaired) electrons. The second kappa shape index (κ2) is 10.4. The maximum absolute atomic E-state index is 10.8. The lowest BCUT2D eigenvalue weighted by molar-refractivity contribution is 0.0554. The summed E-state index contributed by atoms with van der Waals surface area (Å²) in [5.74, 6) is -0.131. The number of carbonyl (C=O) groups is 1. The second-order valence-electron chi connectivity index (χ2n) is 5.97. The van der Waals surface area contributed by atoms with E-state index >= 15 is 0 Å². The lowest BCUT2D eigenvalue weighted by atomic mass is 10.1. The molecule has 2 aromatic carbocycles. The highest BCUT2D eigenvalue weighted by Gasteiger charge is 2.01. The Hall–Kier alpha value is -2.66. The fraction of sp³-hybridized carbons (Fsp3) is 0.333. The molecule has 0 aliphatic carbocycles. The van der Waals surface area contributed by atoms with Gasteiger partial charge in [-0.05, 0) is 55.3 Å². The van der Waals surface area contributed by atoms with E-state index in [1.807, 2.05) is 24.3 Å². The first kappa shape index (κ1) is 19.7. The standard InChI is InChI=1S/C21H25NO4/c1-3-16(2)25-13-4-14-26-20-11-9-19(10-12-20)22-15-17-5-7-18(8-6-17)21(23)24/h5-12,15-16H,3-4,13-14H2,1-2H3,(H,23,24)/t16-/m0/s1. The van der Waals surface area contributed by atoms with Gasteiger partial charge in [0.15, 0.2) is 0 Å². The van der Waals surface area contributed by atoms with Gasteiger partial charge in [-0.2, -0.15) is 0 Å². The maximum Gasteiger partial charge on any atom is 0.335 e. The average Bonchev–Trinajstić information content (AvgIpc) is 2.67. The minimum atomic E-state index is -0.935. The lowest BCUT2D eigenvalue weighted by Gasteiger charge is -2.11. The Bertz CT molecular complexity index is 708. The van der Waals surface area contributed by atoms with Gasteiger partial charge in [-0.15, -0.1) is 0 Å². The van der Waals surface area contributed by atoms with Crippen molar-refractivity contribution < 1.29 is 19.4 Å². The Balaban J connectivity index is 1.78. The predicted octanol–water partition coefficient (Wildman–Crippen LogP) is 4.72. The minimum absolute atomic E-state index is 0.262. The fourth-order valence-electron chi connectivity index (χ4n) is 2.14. The molecule has 0 spiro atoms. The number of carboxylic acids is 1. The van der Waals surface area contributed by atoms with Crippen LogP contribution in [-0.2, 0) is 4.74 Å². The largest absolute Gasteiger partial charge is 0.494 e. The molecule has 1 N–H and O–H groups in total. The first-order chi connectivity index (χ1) is 12.6. The summed E-state index contributed by atoms with van der Waals surface area (Å²) in [6.45, 7) is 5.50. The molecule has 0 aliphatic heterocycles. The molecule has 0 bridgehead atoms. The van der Waals surface area contributed by atoms with E-state index in [9.17, 15) is 4.79 Å². The smallest absolute Gasteiger partial charge is 0.335 e. The number of benzene rings is 2. The molecule has 1 atom stereocenters. The van der Waals surface area contributed by atoms with E-state index < -0.39 is 5.97 Å². The van der Waals surface area contributed by atoms with Crippen molar-refractivity contribution in [2.75, 3.05) is 13.2 Å². The maximum atomic E-state index is 10.8. The average molecular weight is 355 g/mol. The van der Waals surface area contributed by atoms with Crippen molar-refractivity contribution in [3.05, 3.63) is 59.7 Å². The topological polar surface area (TPSA) is 68.1 Å². The number of carboxylic acid groups (broad SMARTS) is 1. The molecule has 0 heterocycles. The van der Waals surface area contributed by atoms with Crippen molar-refractivity contribution in [3.8, 4) is 5.75 Å². The van der Waals surface area contributed by atoms with Gasteiger partial charge in [-0.3, -0.25) is 4.99 Å². The number of hydrogen-bond donors (Lipinski definition) is 1. The van der Waals surface area contributed by atoms with Gasteiger partial charge >= 0.3 is 5.97 Å². The lowest BCUT2D eigenvalue weighted by Crippen LogP contribution is -2.10. The molecule has 0 saturated carbocycles. The van der Waals surface area contributed by atoms with E-state index in [-0.39, 0.29) is 5.56 Å². The highest BCUT2D eigenvalue weighted by atomic mass is 16.5. The third-order valence-corrected chi connectivity index (χ3v) is 3.89. The molecule has 5 nitrogen and oxygen atoms in total. The Kier molecular flexibility index (Phi) is 7.83. The monoisotopic (exact) mass is 355 g/mol. The third-order valence-electron chi connectivity index (χ3n) is 3.89. The van der Waals surface area contributed by atoms with Gasteiger partial charge in [-0.25, -0.2) is 4.79 Å². The van der Waals surface area contributed by atoms with Gasteiger partial charge < -0.3 is 14.6 Å². The highest BCUT2D eigenvalue weighted by molar-refractivity contribution is 5.89. The molecule has 0 fully saturated rings. The normalized spacial score (nSPS) is 12.2. The van der Waals surface area contributed by atoms with Gasteiger partial charge in [0, 0.05) is 12.6 Å². The number of nitrogens with zero attached hydrogens (tertiary/aromatic N) is 1. The molecular formula is C21H25NO4. The van der Waals surface area contributed by atoms with Crippen molar-refractivity contribution in [1.29, 1.82) is 0 Å². The van der Waals surface area contributed by atoms with Crippen molar-refractivity contribution in [1.82, 2.24) is 0 Å². The fourth-order valence-corrected chi connectivity index (χ4v) is 2.14. The van der Waals surface area contributed by atoms with E-state index in [4.69, 9.17) is 14.6 Å². The molecule has 26 heavy (non-hydrogen) atoms. The van der Waals surface area contributed by atoms with E-state index in [1.165, 1.54) is 0 Å². The van der Waals surface area contributed by atoms with Crippen molar-refractivity contribution >= 4 is 17.9 Å². The molecule has 2 aromatic rings. The van der Waals surface area contributed by atoms with Crippen LogP contribution in [0, 0.1) is 0 Å². The SMILES string of the molecule is CC[C@H](C)OCCCOc1ccc(N=Cc2ccc(C(=O)O)cc2)cc1. The molecule has 0 unspecified atom stereocenters. The number of ether oxygens (including phenoxy) is 2.